The van der Waals surface area contributed by atoms with Crippen molar-refractivity contribution in [1.82, 2.24) is 5.32 Å². The lowest BCUT2D eigenvalue weighted by Gasteiger charge is -2.07. The van der Waals surface area contributed by atoms with Crippen LogP contribution in [-0.4, -0.2) is 17.0 Å². The van der Waals surface area contributed by atoms with Crippen molar-refractivity contribution in [1.29, 1.82) is 0 Å². The van der Waals surface area contributed by atoms with Crippen LogP contribution in [0.25, 0.3) is 0 Å². The van der Waals surface area contributed by atoms with E-state index in [4.69, 9.17) is 0 Å². The second-order valence-electron chi connectivity index (χ2n) is 4.46. The van der Waals surface area contributed by atoms with Gasteiger partial charge in [0.15, 0.2) is 0 Å². The van der Waals surface area contributed by atoms with Crippen LogP contribution in [0, 0.1) is 5.92 Å². The van der Waals surface area contributed by atoms with E-state index in [1.165, 1.54) is 12.0 Å². The van der Waals surface area contributed by atoms with Crippen LogP contribution < -0.4 is 5.32 Å². The third-order valence-electron chi connectivity index (χ3n) is 2.48. The fourth-order valence-corrected chi connectivity index (χ4v) is 1.94. The van der Waals surface area contributed by atoms with E-state index in [2.05, 4.69) is 19.2 Å². The van der Waals surface area contributed by atoms with Gasteiger partial charge in [-0.1, -0.05) is 26.0 Å². The number of hydrogen-bond donors (Lipinski definition) is 1. The van der Waals surface area contributed by atoms with Crippen molar-refractivity contribution in [3.8, 4) is 0 Å². The molecule has 1 atom stereocenters. The Bertz CT molecular complexity index is 332. The minimum atomic E-state index is -0.871. The molecule has 90 valence electrons. The van der Waals surface area contributed by atoms with Crippen molar-refractivity contribution in [2.24, 2.45) is 5.92 Å². The lowest BCUT2D eigenvalue weighted by atomic mass is 10.1. The van der Waals surface area contributed by atoms with Gasteiger partial charge in [-0.25, -0.2) is 0 Å². The highest BCUT2D eigenvalue weighted by atomic mass is 32.2. The Morgan fingerprint density at radius 3 is 2.38 bits per heavy atom. The molecule has 1 N–H and O–H groups in total. The summed E-state index contributed by atoms with van der Waals surface area (Å²) >= 11 is 0. The van der Waals surface area contributed by atoms with Gasteiger partial charge in [-0.3, -0.25) is 4.21 Å². The summed E-state index contributed by atoms with van der Waals surface area (Å²) in [7, 11) is -0.871. The van der Waals surface area contributed by atoms with E-state index in [-0.39, 0.29) is 0 Å². The Labute approximate surface area is 101 Å². The fourth-order valence-electron chi connectivity index (χ4n) is 1.42. The van der Waals surface area contributed by atoms with Crippen LogP contribution in [0.2, 0.25) is 0 Å². The first kappa shape index (κ1) is 13.4. The van der Waals surface area contributed by atoms with Crippen LogP contribution in [0.15, 0.2) is 29.2 Å². The average molecular weight is 239 g/mol. The first-order valence-corrected chi connectivity index (χ1v) is 7.28. The Kier molecular flexibility index (Phi) is 5.71. The molecule has 0 saturated heterocycles. The Morgan fingerprint density at radius 2 is 1.88 bits per heavy atom. The molecule has 3 heteroatoms. The smallest absolute Gasteiger partial charge is 0.0498 e. The van der Waals surface area contributed by atoms with Crippen molar-refractivity contribution < 1.29 is 4.21 Å². The maximum Gasteiger partial charge on any atom is 0.0498 e. The van der Waals surface area contributed by atoms with Gasteiger partial charge in [-0.05, 0) is 36.6 Å². The van der Waals surface area contributed by atoms with E-state index in [1.807, 2.05) is 24.3 Å². The van der Waals surface area contributed by atoms with E-state index >= 15 is 0 Å². The molecule has 2 nitrogen and oxygen atoms in total. The van der Waals surface area contributed by atoms with Gasteiger partial charge < -0.3 is 5.32 Å². The number of hydrogen-bond acceptors (Lipinski definition) is 2. The predicted molar refractivity (Wildman–Crippen MR) is 69.9 cm³/mol. The van der Waals surface area contributed by atoms with E-state index in [0.717, 1.165) is 23.9 Å². The minimum absolute atomic E-state index is 0.748. The van der Waals surface area contributed by atoms with E-state index in [1.54, 1.807) is 6.26 Å². The van der Waals surface area contributed by atoms with Crippen LogP contribution in [0.4, 0.5) is 0 Å². The topological polar surface area (TPSA) is 29.1 Å². The monoisotopic (exact) mass is 239 g/mol. The molecule has 1 aromatic carbocycles. The van der Waals surface area contributed by atoms with Gasteiger partial charge >= 0.3 is 0 Å². The van der Waals surface area contributed by atoms with E-state index in [0.29, 0.717) is 0 Å². The highest BCUT2D eigenvalue weighted by molar-refractivity contribution is 7.84. The third kappa shape index (κ3) is 4.90. The maximum atomic E-state index is 11.2. The fraction of sp³-hybridized carbons (Fsp3) is 0.538. The quantitative estimate of drug-likeness (QED) is 0.773. The van der Waals surface area contributed by atoms with Crippen molar-refractivity contribution in [3.05, 3.63) is 29.8 Å². The van der Waals surface area contributed by atoms with Crippen LogP contribution in [0.1, 0.15) is 25.8 Å². The van der Waals surface area contributed by atoms with Crippen molar-refractivity contribution in [2.45, 2.75) is 31.7 Å². The molecule has 0 bridgehead atoms. The summed E-state index contributed by atoms with van der Waals surface area (Å²) in [5.74, 6) is 0.748. The molecule has 1 rings (SSSR count). The molecular weight excluding hydrogens is 218 g/mol. The molecule has 0 radical (unpaired) electrons. The molecule has 1 unspecified atom stereocenters. The number of nitrogens with one attached hydrogen (secondary N) is 1. The first-order valence-electron chi connectivity index (χ1n) is 5.72. The summed E-state index contributed by atoms with van der Waals surface area (Å²) in [6.07, 6.45) is 2.91. The molecule has 0 aliphatic heterocycles. The van der Waals surface area contributed by atoms with Gasteiger partial charge in [0.05, 0.1) is 0 Å². The molecule has 0 fully saturated rings. The molecular formula is C13H21NOS. The zero-order chi connectivity index (χ0) is 12.0. The van der Waals surface area contributed by atoms with Crippen LogP contribution in [0.5, 0.6) is 0 Å². The highest BCUT2D eigenvalue weighted by Crippen LogP contribution is 2.07. The molecule has 1 aromatic rings. The standard InChI is InChI=1S/C13H21NOS/c1-11(2)8-9-14-10-12-4-6-13(7-5-12)16(3)15/h4-7,11,14H,8-10H2,1-3H3. The highest BCUT2D eigenvalue weighted by Gasteiger charge is 1.98. The number of rotatable bonds is 6. The summed E-state index contributed by atoms with van der Waals surface area (Å²) in [6.45, 7) is 6.41. The zero-order valence-corrected chi connectivity index (χ0v) is 11.1. The molecule has 0 aliphatic carbocycles. The average Bonchev–Trinajstić information content (AvgIpc) is 2.25. The van der Waals surface area contributed by atoms with Crippen molar-refractivity contribution in [2.75, 3.05) is 12.8 Å². The molecule has 16 heavy (non-hydrogen) atoms. The summed E-state index contributed by atoms with van der Waals surface area (Å²) in [5.41, 5.74) is 1.25. The van der Waals surface area contributed by atoms with Gasteiger partial charge in [0.25, 0.3) is 0 Å². The lowest BCUT2D eigenvalue weighted by molar-refractivity contribution is 0.537. The second kappa shape index (κ2) is 6.81. The Balaban J connectivity index is 2.35. The van der Waals surface area contributed by atoms with Gasteiger partial charge in [0.1, 0.15) is 0 Å². The molecule has 0 saturated carbocycles. The van der Waals surface area contributed by atoms with Crippen LogP contribution in [-0.2, 0) is 17.3 Å². The lowest BCUT2D eigenvalue weighted by Crippen LogP contribution is -2.16. The molecule has 0 heterocycles. The summed E-state index contributed by atoms with van der Waals surface area (Å²) in [4.78, 5) is 0.894. The maximum absolute atomic E-state index is 11.2. The van der Waals surface area contributed by atoms with E-state index in [9.17, 15) is 4.21 Å². The summed E-state index contributed by atoms with van der Waals surface area (Å²) < 4.78 is 11.2. The molecule has 0 spiro atoms. The molecule has 0 aromatic heterocycles. The summed E-state index contributed by atoms with van der Waals surface area (Å²) in [5, 5.41) is 3.41. The van der Waals surface area contributed by atoms with Crippen LogP contribution >= 0.6 is 0 Å². The van der Waals surface area contributed by atoms with E-state index < -0.39 is 10.8 Å². The molecule has 0 aliphatic rings. The Morgan fingerprint density at radius 1 is 1.25 bits per heavy atom. The van der Waals surface area contributed by atoms with Crippen LogP contribution in [0.3, 0.4) is 0 Å². The molecule has 0 amide bonds. The van der Waals surface area contributed by atoms with Crippen molar-refractivity contribution in [3.63, 3.8) is 0 Å². The second-order valence-corrected chi connectivity index (χ2v) is 5.84. The third-order valence-corrected chi connectivity index (χ3v) is 3.42. The SMILES string of the molecule is CC(C)CCNCc1ccc(S(C)=O)cc1. The largest absolute Gasteiger partial charge is 0.313 e. The minimum Gasteiger partial charge on any atom is -0.313 e. The predicted octanol–water partition coefficient (Wildman–Crippen LogP) is 2.56. The van der Waals surface area contributed by atoms with Gasteiger partial charge in [-0.2, -0.15) is 0 Å². The zero-order valence-electron chi connectivity index (χ0n) is 10.3. The number of benzene rings is 1. The van der Waals surface area contributed by atoms with Crippen molar-refractivity contribution >= 4 is 10.8 Å². The van der Waals surface area contributed by atoms with Gasteiger partial charge in [0, 0.05) is 28.5 Å². The Hall–Kier alpha value is -0.670. The first-order chi connectivity index (χ1) is 7.59. The van der Waals surface area contributed by atoms with Gasteiger partial charge in [-0.15, -0.1) is 0 Å². The summed E-state index contributed by atoms with van der Waals surface area (Å²) in [6, 6.07) is 7.96. The van der Waals surface area contributed by atoms with Gasteiger partial charge in [0.2, 0.25) is 0 Å². The normalized spacial score (nSPS) is 13.0.